The molecule has 1 unspecified atom stereocenters. The van der Waals surface area contributed by atoms with E-state index in [1.807, 2.05) is 11.8 Å². The van der Waals surface area contributed by atoms with Crippen molar-refractivity contribution in [1.82, 2.24) is 0 Å². The van der Waals surface area contributed by atoms with Gasteiger partial charge in [-0.25, -0.2) is 0 Å². The fraction of sp³-hybridized carbons (Fsp3) is 0.917. The highest BCUT2D eigenvalue weighted by Gasteiger charge is 2.25. The van der Waals surface area contributed by atoms with E-state index in [0.717, 1.165) is 25.9 Å². The molecule has 0 radical (unpaired) electrons. The first-order chi connectivity index (χ1) is 7.36. The van der Waals surface area contributed by atoms with Gasteiger partial charge in [0, 0.05) is 18.9 Å². The number of carbonyl (C=O) groups is 1. The van der Waals surface area contributed by atoms with Crippen LogP contribution in [-0.2, 0) is 9.53 Å². The standard InChI is InChI=1S/C12H20O2S/c13-12(11-2-1-5-14-9-11)8-10-3-6-15-7-4-10/h10-11H,1-9H2. The summed E-state index contributed by atoms with van der Waals surface area (Å²) in [6.45, 7) is 1.53. The average Bonchev–Trinajstić information content (AvgIpc) is 2.31. The molecule has 0 saturated carbocycles. The number of ether oxygens (including phenoxy) is 1. The third-order valence-electron chi connectivity index (χ3n) is 3.45. The van der Waals surface area contributed by atoms with Crippen molar-refractivity contribution in [2.45, 2.75) is 32.1 Å². The van der Waals surface area contributed by atoms with Crippen LogP contribution in [0.3, 0.4) is 0 Å². The van der Waals surface area contributed by atoms with Crippen molar-refractivity contribution in [3.8, 4) is 0 Å². The normalized spacial score (nSPS) is 28.9. The van der Waals surface area contributed by atoms with Crippen LogP contribution in [0.5, 0.6) is 0 Å². The van der Waals surface area contributed by atoms with Crippen LogP contribution in [0.15, 0.2) is 0 Å². The SMILES string of the molecule is O=C(CC1CCSCC1)C1CCCOC1. The van der Waals surface area contributed by atoms with E-state index in [4.69, 9.17) is 4.74 Å². The quantitative estimate of drug-likeness (QED) is 0.742. The van der Waals surface area contributed by atoms with E-state index in [9.17, 15) is 4.79 Å². The van der Waals surface area contributed by atoms with Gasteiger partial charge in [-0.3, -0.25) is 4.79 Å². The van der Waals surface area contributed by atoms with Gasteiger partial charge in [-0.1, -0.05) is 0 Å². The van der Waals surface area contributed by atoms with Crippen molar-refractivity contribution in [1.29, 1.82) is 0 Å². The van der Waals surface area contributed by atoms with Crippen LogP contribution in [0.2, 0.25) is 0 Å². The highest BCUT2D eigenvalue weighted by molar-refractivity contribution is 7.99. The van der Waals surface area contributed by atoms with Crippen LogP contribution in [0.25, 0.3) is 0 Å². The Morgan fingerprint density at radius 3 is 2.73 bits per heavy atom. The minimum Gasteiger partial charge on any atom is -0.381 e. The molecule has 2 rings (SSSR count). The molecule has 2 fully saturated rings. The molecule has 0 N–H and O–H groups in total. The Hall–Kier alpha value is -0.0200. The fourth-order valence-electron chi connectivity index (χ4n) is 2.40. The zero-order chi connectivity index (χ0) is 10.5. The molecule has 1 atom stereocenters. The molecule has 0 bridgehead atoms. The van der Waals surface area contributed by atoms with Gasteiger partial charge in [-0.2, -0.15) is 11.8 Å². The molecule has 0 aromatic rings. The maximum atomic E-state index is 12.0. The molecule has 2 aliphatic heterocycles. The van der Waals surface area contributed by atoms with Gasteiger partial charge in [0.25, 0.3) is 0 Å². The zero-order valence-electron chi connectivity index (χ0n) is 9.24. The van der Waals surface area contributed by atoms with E-state index < -0.39 is 0 Å². The van der Waals surface area contributed by atoms with Crippen molar-refractivity contribution < 1.29 is 9.53 Å². The third-order valence-corrected chi connectivity index (χ3v) is 4.50. The predicted octanol–water partition coefficient (Wildman–Crippen LogP) is 2.52. The van der Waals surface area contributed by atoms with Crippen LogP contribution < -0.4 is 0 Å². The van der Waals surface area contributed by atoms with Crippen molar-refractivity contribution >= 4 is 17.5 Å². The zero-order valence-corrected chi connectivity index (χ0v) is 10.1. The molecule has 0 amide bonds. The fourth-order valence-corrected chi connectivity index (χ4v) is 3.60. The summed E-state index contributed by atoms with van der Waals surface area (Å²) in [5, 5.41) is 0. The Balaban J connectivity index is 1.74. The Kier molecular flexibility index (Phi) is 4.51. The summed E-state index contributed by atoms with van der Waals surface area (Å²) in [7, 11) is 0. The lowest BCUT2D eigenvalue weighted by Crippen LogP contribution is -2.27. The molecule has 86 valence electrons. The second-order valence-corrected chi connectivity index (χ2v) is 5.86. The van der Waals surface area contributed by atoms with Crippen molar-refractivity contribution in [2.24, 2.45) is 11.8 Å². The lowest BCUT2D eigenvalue weighted by atomic mass is 9.88. The summed E-state index contributed by atoms with van der Waals surface area (Å²) in [5.74, 6) is 3.85. The maximum Gasteiger partial charge on any atom is 0.138 e. The smallest absolute Gasteiger partial charge is 0.138 e. The van der Waals surface area contributed by atoms with E-state index in [-0.39, 0.29) is 5.92 Å². The Bertz CT molecular complexity index is 206. The average molecular weight is 228 g/mol. The number of hydrogen-bond donors (Lipinski definition) is 0. The van der Waals surface area contributed by atoms with E-state index in [0.29, 0.717) is 18.3 Å². The van der Waals surface area contributed by atoms with Crippen LogP contribution >= 0.6 is 11.8 Å². The van der Waals surface area contributed by atoms with Crippen molar-refractivity contribution in [3.63, 3.8) is 0 Å². The molecule has 0 spiro atoms. The van der Waals surface area contributed by atoms with Gasteiger partial charge < -0.3 is 4.74 Å². The molecule has 15 heavy (non-hydrogen) atoms. The lowest BCUT2D eigenvalue weighted by molar-refractivity contribution is -0.127. The van der Waals surface area contributed by atoms with Crippen LogP contribution in [-0.4, -0.2) is 30.5 Å². The number of rotatable bonds is 3. The van der Waals surface area contributed by atoms with Gasteiger partial charge in [0.2, 0.25) is 0 Å². The summed E-state index contributed by atoms with van der Waals surface area (Å²) >= 11 is 2.03. The van der Waals surface area contributed by atoms with Gasteiger partial charge in [-0.05, 0) is 43.1 Å². The highest BCUT2D eigenvalue weighted by Crippen LogP contribution is 2.27. The largest absolute Gasteiger partial charge is 0.381 e. The molecule has 2 nitrogen and oxygen atoms in total. The number of hydrogen-bond acceptors (Lipinski definition) is 3. The summed E-state index contributed by atoms with van der Waals surface area (Å²) in [4.78, 5) is 12.0. The summed E-state index contributed by atoms with van der Waals surface area (Å²) < 4.78 is 5.37. The highest BCUT2D eigenvalue weighted by atomic mass is 32.2. The maximum absolute atomic E-state index is 12.0. The lowest BCUT2D eigenvalue weighted by Gasteiger charge is -2.25. The van der Waals surface area contributed by atoms with Crippen LogP contribution in [0, 0.1) is 11.8 Å². The van der Waals surface area contributed by atoms with Gasteiger partial charge in [0.15, 0.2) is 0 Å². The van der Waals surface area contributed by atoms with Gasteiger partial charge in [0.1, 0.15) is 5.78 Å². The number of carbonyl (C=O) groups excluding carboxylic acids is 1. The first kappa shape index (κ1) is 11.5. The number of ketones is 1. The molecular weight excluding hydrogens is 208 g/mol. The molecule has 0 aromatic carbocycles. The second kappa shape index (κ2) is 5.90. The molecule has 2 heterocycles. The first-order valence-electron chi connectivity index (χ1n) is 6.04. The third kappa shape index (κ3) is 3.49. The summed E-state index contributed by atoms with van der Waals surface area (Å²) in [5.41, 5.74) is 0. The summed E-state index contributed by atoms with van der Waals surface area (Å²) in [6, 6.07) is 0. The number of Topliss-reactive ketones (excluding diaryl/α,β-unsaturated/α-hetero) is 1. The minimum absolute atomic E-state index is 0.216. The predicted molar refractivity (Wildman–Crippen MR) is 63.2 cm³/mol. The number of thioether (sulfide) groups is 1. The van der Waals surface area contributed by atoms with Crippen molar-refractivity contribution in [3.05, 3.63) is 0 Å². The molecule has 2 aliphatic rings. The molecule has 2 saturated heterocycles. The van der Waals surface area contributed by atoms with Gasteiger partial charge in [0.05, 0.1) is 6.61 Å². The van der Waals surface area contributed by atoms with Crippen LogP contribution in [0.1, 0.15) is 32.1 Å². The Labute approximate surface area is 96.1 Å². The van der Waals surface area contributed by atoms with Crippen molar-refractivity contribution in [2.75, 3.05) is 24.7 Å². The van der Waals surface area contributed by atoms with Crippen LogP contribution in [0.4, 0.5) is 0 Å². The van der Waals surface area contributed by atoms with E-state index >= 15 is 0 Å². The summed E-state index contributed by atoms with van der Waals surface area (Å²) in [6.07, 6.45) is 5.42. The van der Waals surface area contributed by atoms with E-state index in [1.165, 1.54) is 24.3 Å². The van der Waals surface area contributed by atoms with E-state index in [1.54, 1.807) is 0 Å². The molecule has 0 aliphatic carbocycles. The molecule has 0 aromatic heterocycles. The second-order valence-electron chi connectivity index (χ2n) is 4.64. The monoisotopic (exact) mass is 228 g/mol. The minimum atomic E-state index is 0.216. The van der Waals surface area contributed by atoms with E-state index in [2.05, 4.69) is 0 Å². The first-order valence-corrected chi connectivity index (χ1v) is 7.20. The topological polar surface area (TPSA) is 26.3 Å². The molecule has 3 heteroatoms. The van der Waals surface area contributed by atoms with Gasteiger partial charge in [-0.15, -0.1) is 0 Å². The molecular formula is C12H20O2S. The van der Waals surface area contributed by atoms with Gasteiger partial charge >= 0.3 is 0 Å². The Morgan fingerprint density at radius 1 is 1.27 bits per heavy atom. The Morgan fingerprint density at radius 2 is 2.07 bits per heavy atom.